The van der Waals surface area contributed by atoms with E-state index in [1.165, 1.54) is 0 Å². The highest BCUT2D eigenvalue weighted by atomic mass is 16.5. The molecular weight excluding hydrogens is 258 g/mol. The molecule has 1 aromatic carbocycles. The SMILES string of the molecule is COc1cc(C)c2c(c1)OC(C)(C)C/C2=N\NC(N)=O. The van der Waals surface area contributed by atoms with Crippen LogP contribution in [-0.2, 0) is 0 Å². The van der Waals surface area contributed by atoms with Crippen LogP contribution in [0.5, 0.6) is 11.5 Å². The molecule has 108 valence electrons. The highest BCUT2D eigenvalue weighted by Gasteiger charge is 2.32. The van der Waals surface area contributed by atoms with Crippen LogP contribution in [0, 0.1) is 6.92 Å². The van der Waals surface area contributed by atoms with Gasteiger partial charge in [0.25, 0.3) is 0 Å². The second kappa shape index (κ2) is 5.03. The highest BCUT2D eigenvalue weighted by Crippen LogP contribution is 2.38. The minimum Gasteiger partial charge on any atom is -0.497 e. The van der Waals surface area contributed by atoms with E-state index in [0.717, 1.165) is 22.6 Å². The molecule has 1 aromatic rings. The maximum atomic E-state index is 10.9. The van der Waals surface area contributed by atoms with Crippen LogP contribution in [0.25, 0.3) is 0 Å². The summed E-state index contributed by atoms with van der Waals surface area (Å²) in [5.41, 5.74) is 9.54. The molecule has 6 nitrogen and oxygen atoms in total. The summed E-state index contributed by atoms with van der Waals surface area (Å²) in [6.45, 7) is 5.87. The summed E-state index contributed by atoms with van der Waals surface area (Å²) < 4.78 is 11.2. The van der Waals surface area contributed by atoms with Crippen molar-refractivity contribution >= 4 is 11.7 Å². The average Bonchev–Trinajstić information content (AvgIpc) is 2.33. The molecule has 1 heterocycles. The number of benzene rings is 1. The Morgan fingerprint density at radius 2 is 2.20 bits per heavy atom. The Hall–Kier alpha value is -2.24. The van der Waals surface area contributed by atoms with Gasteiger partial charge < -0.3 is 15.2 Å². The van der Waals surface area contributed by atoms with Gasteiger partial charge in [-0.1, -0.05) is 0 Å². The first-order valence-corrected chi connectivity index (χ1v) is 6.32. The van der Waals surface area contributed by atoms with Crippen molar-refractivity contribution < 1.29 is 14.3 Å². The molecule has 0 spiro atoms. The summed E-state index contributed by atoms with van der Waals surface area (Å²) in [6, 6.07) is 3.04. The number of hydrazone groups is 1. The predicted molar refractivity (Wildman–Crippen MR) is 76.3 cm³/mol. The lowest BCUT2D eigenvalue weighted by Crippen LogP contribution is -2.38. The lowest BCUT2D eigenvalue weighted by Gasteiger charge is -2.34. The van der Waals surface area contributed by atoms with Crippen LogP contribution in [0.4, 0.5) is 4.79 Å². The summed E-state index contributed by atoms with van der Waals surface area (Å²) in [5, 5.41) is 4.11. The number of primary amides is 1. The molecule has 0 fully saturated rings. The molecule has 0 saturated carbocycles. The first-order valence-electron chi connectivity index (χ1n) is 6.32. The van der Waals surface area contributed by atoms with Crippen molar-refractivity contribution in [3.05, 3.63) is 23.3 Å². The molecule has 6 heteroatoms. The van der Waals surface area contributed by atoms with E-state index in [1.807, 2.05) is 32.9 Å². The summed E-state index contributed by atoms with van der Waals surface area (Å²) in [6.07, 6.45) is 0.577. The van der Waals surface area contributed by atoms with Gasteiger partial charge in [-0.05, 0) is 32.4 Å². The fourth-order valence-corrected chi connectivity index (χ4v) is 2.33. The fourth-order valence-electron chi connectivity index (χ4n) is 2.33. The zero-order chi connectivity index (χ0) is 14.9. The van der Waals surface area contributed by atoms with E-state index in [0.29, 0.717) is 12.2 Å². The molecule has 0 aliphatic carbocycles. The highest BCUT2D eigenvalue weighted by molar-refractivity contribution is 6.06. The van der Waals surface area contributed by atoms with E-state index in [2.05, 4.69) is 10.5 Å². The van der Waals surface area contributed by atoms with Crippen molar-refractivity contribution in [1.82, 2.24) is 5.43 Å². The third-order valence-corrected chi connectivity index (χ3v) is 3.08. The van der Waals surface area contributed by atoms with E-state index in [4.69, 9.17) is 15.2 Å². The molecule has 2 rings (SSSR count). The first kappa shape index (κ1) is 14.2. The standard InChI is InChI=1S/C14H19N3O3/c1-8-5-9(19-4)6-11-12(8)10(16-17-13(15)18)7-14(2,3)20-11/h5-6H,7H2,1-4H3,(H3,15,17,18)/b16-10+. The third kappa shape index (κ3) is 2.84. The number of urea groups is 1. The largest absolute Gasteiger partial charge is 0.497 e. The van der Waals surface area contributed by atoms with Crippen molar-refractivity contribution in [2.24, 2.45) is 10.8 Å². The van der Waals surface area contributed by atoms with Gasteiger partial charge in [0, 0.05) is 18.1 Å². The zero-order valence-electron chi connectivity index (χ0n) is 12.1. The Labute approximate surface area is 117 Å². The van der Waals surface area contributed by atoms with Crippen molar-refractivity contribution in [3.8, 4) is 11.5 Å². The minimum atomic E-state index is -0.686. The number of fused-ring (bicyclic) bond motifs is 1. The number of hydrogen-bond donors (Lipinski definition) is 2. The minimum absolute atomic E-state index is 0.413. The molecule has 0 saturated heterocycles. The summed E-state index contributed by atoms with van der Waals surface area (Å²) in [5.74, 6) is 1.42. The Kier molecular flexibility index (Phi) is 3.57. The lowest BCUT2D eigenvalue weighted by atomic mass is 9.90. The molecule has 0 unspecified atom stereocenters. The van der Waals surface area contributed by atoms with Gasteiger partial charge in [0.2, 0.25) is 0 Å². The Morgan fingerprint density at radius 1 is 1.50 bits per heavy atom. The van der Waals surface area contributed by atoms with Gasteiger partial charge >= 0.3 is 6.03 Å². The van der Waals surface area contributed by atoms with Crippen molar-refractivity contribution in [2.75, 3.05) is 7.11 Å². The first-order chi connectivity index (χ1) is 9.32. The second-order valence-corrected chi connectivity index (χ2v) is 5.39. The summed E-state index contributed by atoms with van der Waals surface area (Å²) in [4.78, 5) is 10.9. The van der Waals surface area contributed by atoms with Gasteiger partial charge in [0.15, 0.2) is 0 Å². The van der Waals surface area contributed by atoms with Crippen molar-refractivity contribution in [1.29, 1.82) is 0 Å². The Balaban J connectivity index is 2.53. The fraction of sp³-hybridized carbons (Fsp3) is 0.429. The molecule has 1 aliphatic heterocycles. The normalized spacial score (nSPS) is 18.1. The van der Waals surface area contributed by atoms with Crippen LogP contribution in [0.15, 0.2) is 17.2 Å². The predicted octanol–water partition coefficient (Wildman–Crippen LogP) is 1.94. The van der Waals surface area contributed by atoms with Crippen LogP contribution in [-0.4, -0.2) is 24.5 Å². The molecule has 1 aliphatic rings. The van der Waals surface area contributed by atoms with Crippen molar-refractivity contribution in [3.63, 3.8) is 0 Å². The summed E-state index contributed by atoms with van der Waals surface area (Å²) in [7, 11) is 1.61. The Bertz CT molecular complexity index is 579. The molecule has 0 atom stereocenters. The quantitative estimate of drug-likeness (QED) is 0.810. The number of rotatable bonds is 2. The maximum absolute atomic E-state index is 10.9. The number of ether oxygens (including phenoxy) is 2. The number of nitrogens with two attached hydrogens (primary N) is 1. The van der Waals surface area contributed by atoms with E-state index < -0.39 is 11.6 Å². The number of carbonyl (C=O) groups is 1. The van der Waals surface area contributed by atoms with E-state index in [-0.39, 0.29) is 0 Å². The van der Waals surface area contributed by atoms with Gasteiger partial charge in [0.1, 0.15) is 17.1 Å². The third-order valence-electron chi connectivity index (χ3n) is 3.08. The molecule has 3 N–H and O–H groups in total. The number of methoxy groups -OCH3 is 1. The molecule has 20 heavy (non-hydrogen) atoms. The van der Waals surface area contributed by atoms with Gasteiger partial charge in [0.05, 0.1) is 12.8 Å². The van der Waals surface area contributed by atoms with Gasteiger partial charge in [-0.15, -0.1) is 0 Å². The van der Waals surface area contributed by atoms with Crippen LogP contribution < -0.4 is 20.6 Å². The van der Waals surface area contributed by atoms with Crippen LogP contribution >= 0.6 is 0 Å². The number of nitrogens with zero attached hydrogens (tertiary/aromatic N) is 1. The van der Waals surface area contributed by atoms with E-state index in [1.54, 1.807) is 7.11 Å². The smallest absolute Gasteiger partial charge is 0.332 e. The van der Waals surface area contributed by atoms with E-state index in [9.17, 15) is 4.79 Å². The Morgan fingerprint density at radius 3 is 2.80 bits per heavy atom. The number of nitrogens with one attached hydrogen (secondary N) is 1. The van der Waals surface area contributed by atoms with Gasteiger partial charge in [-0.2, -0.15) is 5.10 Å². The summed E-state index contributed by atoms with van der Waals surface area (Å²) >= 11 is 0. The molecular formula is C14H19N3O3. The molecule has 0 bridgehead atoms. The molecule has 0 aromatic heterocycles. The molecule has 2 amide bonds. The van der Waals surface area contributed by atoms with Crippen LogP contribution in [0.1, 0.15) is 31.4 Å². The van der Waals surface area contributed by atoms with Crippen LogP contribution in [0.2, 0.25) is 0 Å². The second-order valence-electron chi connectivity index (χ2n) is 5.39. The van der Waals surface area contributed by atoms with Gasteiger partial charge in [-0.3, -0.25) is 0 Å². The van der Waals surface area contributed by atoms with E-state index >= 15 is 0 Å². The average molecular weight is 277 g/mol. The van der Waals surface area contributed by atoms with Gasteiger partial charge in [-0.25, -0.2) is 10.2 Å². The van der Waals surface area contributed by atoms with Crippen LogP contribution in [0.3, 0.4) is 0 Å². The number of carbonyl (C=O) groups excluding carboxylic acids is 1. The van der Waals surface area contributed by atoms with Crippen molar-refractivity contribution in [2.45, 2.75) is 32.8 Å². The number of amides is 2. The lowest BCUT2D eigenvalue weighted by molar-refractivity contribution is 0.110. The molecule has 0 radical (unpaired) electrons. The monoisotopic (exact) mass is 277 g/mol. The number of hydrogen-bond acceptors (Lipinski definition) is 4. The topological polar surface area (TPSA) is 85.9 Å². The zero-order valence-corrected chi connectivity index (χ0v) is 12.1. The number of aryl methyl sites for hydroxylation is 1. The maximum Gasteiger partial charge on any atom is 0.332 e.